The smallest absolute Gasteiger partial charge is 0.213 e. The molecule has 1 aromatic heterocycles. The van der Waals surface area contributed by atoms with Crippen molar-refractivity contribution in [2.45, 2.75) is 12.7 Å². The van der Waals surface area contributed by atoms with Gasteiger partial charge in [-0.3, -0.25) is 0 Å². The summed E-state index contributed by atoms with van der Waals surface area (Å²) in [4.78, 5) is 4.49. The lowest BCUT2D eigenvalue weighted by Gasteiger charge is -2.10. The zero-order valence-electron chi connectivity index (χ0n) is 10.3. The fraction of sp³-hybridized carbons (Fsp3) is 0.357. The molecule has 0 amide bonds. The van der Waals surface area contributed by atoms with Gasteiger partial charge in [0.15, 0.2) is 6.29 Å². The maximum absolute atomic E-state index is 5.64. The molecule has 0 aliphatic carbocycles. The number of pyridine rings is 1. The molecule has 0 bridgehead atoms. The van der Waals surface area contributed by atoms with Crippen LogP contribution in [0.5, 0.6) is 5.88 Å². The van der Waals surface area contributed by atoms with Crippen molar-refractivity contribution in [1.29, 1.82) is 0 Å². The molecule has 0 unspecified atom stereocenters. The van der Waals surface area contributed by atoms with Crippen molar-refractivity contribution in [3.05, 3.63) is 34.8 Å². The Bertz CT molecular complexity index is 570. The van der Waals surface area contributed by atoms with Gasteiger partial charge in [0, 0.05) is 22.3 Å². The SMILES string of the molecule is Brc1cccc2ccc(OCCC3OCCO3)nc12. The van der Waals surface area contributed by atoms with Gasteiger partial charge in [-0.2, -0.15) is 0 Å². The second kappa shape index (κ2) is 5.86. The van der Waals surface area contributed by atoms with Crippen LogP contribution in [0.1, 0.15) is 6.42 Å². The number of para-hydroxylation sites is 1. The van der Waals surface area contributed by atoms with Crippen molar-refractivity contribution in [2.24, 2.45) is 0 Å². The van der Waals surface area contributed by atoms with E-state index in [2.05, 4.69) is 20.9 Å². The number of fused-ring (bicyclic) bond motifs is 1. The van der Waals surface area contributed by atoms with E-state index in [1.54, 1.807) is 0 Å². The third-order valence-corrected chi connectivity index (χ3v) is 3.58. The average molecular weight is 324 g/mol. The second-order valence-electron chi connectivity index (χ2n) is 4.27. The Kier molecular flexibility index (Phi) is 3.96. The topological polar surface area (TPSA) is 40.6 Å². The molecule has 1 aliphatic rings. The minimum Gasteiger partial charge on any atom is -0.477 e. The van der Waals surface area contributed by atoms with Crippen LogP contribution in [0.2, 0.25) is 0 Å². The lowest BCUT2D eigenvalue weighted by molar-refractivity contribution is -0.0533. The number of halogens is 1. The zero-order chi connectivity index (χ0) is 13.1. The molecular formula is C14H14BrNO3. The lowest BCUT2D eigenvalue weighted by atomic mass is 10.2. The minimum atomic E-state index is -0.132. The van der Waals surface area contributed by atoms with Gasteiger partial charge in [-0.15, -0.1) is 0 Å². The summed E-state index contributed by atoms with van der Waals surface area (Å²) in [5.74, 6) is 0.623. The molecule has 1 aliphatic heterocycles. The molecule has 1 aromatic carbocycles. The molecule has 100 valence electrons. The molecule has 0 spiro atoms. The summed E-state index contributed by atoms with van der Waals surface area (Å²) in [6.07, 6.45) is 0.586. The molecule has 1 saturated heterocycles. The van der Waals surface area contributed by atoms with E-state index in [4.69, 9.17) is 14.2 Å². The highest BCUT2D eigenvalue weighted by atomic mass is 79.9. The summed E-state index contributed by atoms with van der Waals surface area (Å²) in [7, 11) is 0. The van der Waals surface area contributed by atoms with Gasteiger partial charge in [0.25, 0.3) is 0 Å². The molecule has 0 radical (unpaired) electrons. The number of nitrogens with zero attached hydrogens (tertiary/aromatic N) is 1. The van der Waals surface area contributed by atoms with Gasteiger partial charge in [0.05, 0.1) is 25.3 Å². The fourth-order valence-electron chi connectivity index (χ4n) is 2.01. The molecule has 4 nitrogen and oxygen atoms in total. The maximum Gasteiger partial charge on any atom is 0.213 e. The molecule has 1 fully saturated rings. The summed E-state index contributed by atoms with van der Waals surface area (Å²) in [6.45, 7) is 1.88. The molecule has 3 rings (SSSR count). The van der Waals surface area contributed by atoms with Gasteiger partial charge < -0.3 is 14.2 Å². The van der Waals surface area contributed by atoms with Gasteiger partial charge in [0.1, 0.15) is 0 Å². The van der Waals surface area contributed by atoms with E-state index in [1.165, 1.54) is 0 Å². The predicted molar refractivity (Wildman–Crippen MR) is 75.2 cm³/mol. The first-order valence-corrected chi connectivity index (χ1v) is 7.03. The first kappa shape index (κ1) is 12.8. The van der Waals surface area contributed by atoms with E-state index in [0.29, 0.717) is 25.7 Å². The van der Waals surface area contributed by atoms with Gasteiger partial charge in [0.2, 0.25) is 5.88 Å². The molecule has 0 atom stereocenters. The Hall–Kier alpha value is -1.17. The van der Waals surface area contributed by atoms with Crippen molar-refractivity contribution >= 4 is 26.8 Å². The number of hydrogen-bond donors (Lipinski definition) is 0. The third-order valence-electron chi connectivity index (χ3n) is 2.94. The van der Waals surface area contributed by atoms with Crippen LogP contribution in [-0.4, -0.2) is 31.1 Å². The largest absolute Gasteiger partial charge is 0.477 e. The van der Waals surface area contributed by atoms with Crippen LogP contribution >= 0.6 is 15.9 Å². The van der Waals surface area contributed by atoms with Crippen LogP contribution < -0.4 is 4.74 Å². The number of ether oxygens (including phenoxy) is 3. The summed E-state index contributed by atoms with van der Waals surface area (Å²) < 4.78 is 17.3. The van der Waals surface area contributed by atoms with Crippen LogP contribution in [0.3, 0.4) is 0 Å². The number of hydrogen-bond acceptors (Lipinski definition) is 4. The number of aromatic nitrogens is 1. The van der Waals surface area contributed by atoms with Crippen LogP contribution in [0, 0.1) is 0 Å². The van der Waals surface area contributed by atoms with Crippen molar-refractivity contribution in [2.75, 3.05) is 19.8 Å². The molecule has 0 saturated carbocycles. The monoisotopic (exact) mass is 323 g/mol. The van der Waals surface area contributed by atoms with Crippen LogP contribution in [-0.2, 0) is 9.47 Å². The van der Waals surface area contributed by atoms with E-state index in [1.807, 2.05) is 30.3 Å². The Morgan fingerprint density at radius 1 is 1.21 bits per heavy atom. The number of rotatable bonds is 4. The van der Waals surface area contributed by atoms with Gasteiger partial charge in [-0.25, -0.2) is 4.98 Å². The Morgan fingerprint density at radius 2 is 2.05 bits per heavy atom. The third kappa shape index (κ3) is 3.05. The second-order valence-corrected chi connectivity index (χ2v) is 5.12. The van der Waals surface area contributed by atoms with Crippen molar-refractivity contribution in [3.8, 4) is 5.88 Å². The highest BCUT2D eigenvalue weighted by Crippen LogP contribution is 2.24. The van der Waals surface area contributed by atoms with E-state index in [9.17, 15) is 0 Å². The summed E-state index contributed by atoms with van der Waals surface area (Å²) >= 11 is 3.50. The molecule has 2 aromatic rings. The Labute approximate surface area is 119 Å². The minimum absolute atomic E-state index is 0.132. The van der Waals surface area contributed by atoms with Crippen molar-refractivity contribution in [1.82, 2.24) is 4.98 Å². The van der Waals surface area contributed by atoms with Crippen LogP contribution in [0.4, 0.5) is 0 Å². The molecule has 2 heterocycles. The molecule has 5 heteroatoms. The fourth-order valence-corrected chi connectivity index (χ4v) is 2.48. The van der Waals surface area contributed by atoms with Gasteiger partial charge in [-0.1, -0.05) is 12.1 Å². The van der Waals surface area contributed by atoms with E-state index in [-0.39, 0.29) is 6.29 Å². The predicted octanol–water partition coefficient (Wildman–Crippen LogP) is 3.14. The van der Waals surface area contributed by atoms with Gasteiger partial charge >= 0.3 is 0 Å². The number of benzene rings is 1. The highest BCUT2D eigenvalue weighted by molar-refractivity contribution is 9.10. The lowest BCUT2D eigenvalue weighted by Crippen LogP contribution is -2.13. The maximum atomic E-state index is 5.64. The molecule has 0 N–H and O–H groups in total. The van der Waals surface area contributed by atoms with E-state index in [0.717, 1.165) is 21.8 Å². The Balaban J connectivity index is 1.65. The van der Waals surface area contributed by atoms with Crippen LogP contribution in [0.15, 0.2) is 34.8 Å². The Morgan fingerprint density at radius 3 is 2.89 bits per heavy atom. The van der Waals surface area contributed by atoms with Crippen molar-refractivity contribution in [3.63, 3.8) is 0 Å². The summed E-state index contributed by atoms with van der Waals surface area (Å²) in [5, 5.41) is 1.09. The molecular weight excluding hydrogens is 310 g/mol. The summed E-state index contributed by atoms with van der Waals surface area (Å²) in [5.41, 5.74) is 0.911. The first-order chi connectivity index (χ1) is 9.33. The summed E-state index contributed by atoms with van der Waals surface area (Å²) in [6, 6.07) is 9.87. The normalized spacial score (nSPS) is 16.1. The van der Waals surface area contributed by atoms with E-state index >= 15 is 0 Å². The quantitative estimate of drug-likeness (QED) is 0.866. The van der Waals surface area contributed by atoms with Crippen LogP contribution in [0.25, 0.3) is 10.9 Å². The zero-order valence-corrected chi connectivity index (χ0v) is 11.9. The standard InChI is InChI=1S/C14H14BrNO3/c15-11-3-1-2-10-4-5-12(16-14(10)11)17-7-6-13-18-8-9-19-13/h1-5,13H,6-9H2. The molecule has 19 heavy (non-hydrogen) atoms. The highest BCUT2D eigenvalue weighted by Gasteiger charge is 2.15. The van der Waals surface area contributed by atoms with Crippen molar-refractivity contribution < 1.29 is 14.2 Å². The van der Waals surface area contributed by atoms with Gasteiger partial charge in [-0.05, 0) is 28.1 Å². The average Bonchev–Trinajstić information content (AvgIpc) is 2.93. The van der Waals surface area contributed by atoms with E-state index < -0.39 is 0 Å². The first-order valence-electron chi connectivity index (χ1n) is 6.24.